The average Bonchev–Trinajstić information content (AvgIpc) is 2.66. The van der Waals surface area contributed by atoms with Gasteiger partial charge in [0.15, 0.2) is 6.23 Å². The largest absolute Gasteiger partial charge is 0.385 e. The van der Waals surface area contributed by atoms with Crippen LogP contribution in [0.5, 0.6) is 0 Å². The molecule has 5 nitrogen and oxygen atoms in total. The van der Waals surface area contributed by atoms with Gasteiger partial charge in [0.05, 0.1) is 0 Å². The van der Waals surface area contributed by atoms with Gasteiger partial charge < -0.3 is 20.2 Å². The van der Waals surface area contributed by atoms with Crippen molar-refractivity contribution in [2.75, 3.05) is 39.0 Å². The zero-order valence-corrected chi connectivity index (χ0v) is 16.7. The number of amides is 1. The topological polar surface area (TPSA) is 55.8 Å². The lowest BCUT2D eigenvalue weighted by Gasteiger charge is -2.34. The minimum atomic E-state index is -0.895. The number of carbonyl (C=O) groups is 1. The summed E-state index contributed by atoms with van der Waals surface area (Å²) in [5.41, 5.74) is 2.53. The van der Waals surface area contributed by atoms with Crippen LogP contribution in [0.4, 0.5) is 5.69 Å². The van der Waals surface area contributed by atoms with Gasteiger partial charge in [-0.05, 0) is 32.6 Å². The molecule has 0 saturated heterocycles. The molecule has 2 aromatic rings. The standard InChI is InChI=1S/C22H31N3O2/c1-4-5-6-7-13-23-19-12-11-18-20-16(19)9-8-10-17(20)21(26)25(22(18)27)15-14-24(2)3/h8-12,21,23,26H,4-7,13-15H2,1-3H3. The smallest absolute Gasteiger partial charge is 0.256 e. The third-order valence-corrected chi connectivity index (χ3v) is 5.27. The first-order valence-corrected chi connectivity index (χ1v) is 9.98. The van der Waals surface area contributed by atoms with E-state index in [0.717, 1.165) is 35.0 Å². The molecule has 2 N–H and O–H groups in total. The Kier molecular flexibility index (Phi) is 6.34. The number of likely N-dealkylation sites (N-methyl/N-ethyl adjacent to an activating group) is 1. The fourth-order valence-electron chi connectivity index (χ4n) is 3.72. The summed E-state index contributed by atoms with van der Waals surface area (Å²) in [6.07, 6.45) is 3.95. The second-order valence-corrected chi connectivity index (χ2v) is 7.59. The molecular formula is C22H31N3O2. The predicted molar refractivity (Wildman–Crippen MR) is 111 cm³/mol. The van der Waals surface area contributed by atoms with Gasteiger partial charge in [0.25, 0.3) is 5.91 Å². The predicted octanol–water partition coefficient (Wildman–Crippen LogP) is 3.84. The van der Waals surface area contributed by atoms with Crippen LogP contribution in [0.1, 0.15) is 54.8 Å². The minimum Gasteiger partial charge on any atom is -0.385 e. The van der Waals surface area contributed by atoms with E-state index >= 15 is 0 Å². The Balaban J connectivity index is 1.88. The molecule has 0 spiro atoms. The van der Waals surface area contributed by atoms with Crippen LogP contribution in [-0.2, 0) is 0 Å². The summed E-state index contributed by atoms with van der Waals surface area (Å²) in [7, 11) is 3.93. The van der Waals surface area contributed by atoms with Gasteiger partial charge in [0.2, 0.25) is 0 Å². The van der Waals surface area contributed by atoms with Crippen molar-refractivity contribution in [2.45, 2.75) is 38.8 Å². The summed E-state index contributed by atoms with van der Waals surface area (Å²) in [6.45, 7) is 4.35. The van der Waals surface area contributed by atoms with E-state index in [1.54, 1.807) is 4.90 Å². The highest BCUT2D eigenvalue weighted by Crippen LogP contribution is 2.38. The van der Waals surface area contributed by atoms with Crippen molar-refractivity contribution in [3.63, 3.8) is 0 Å². The Morgan fingerprint density at radius 3 is 2.70 bits per heavy atom. The number of hydrogen-bond donors (Lipinski definition) is 2. The summed E-state index contributed by atoms with van der Waals surface area (Å²) in [6, 6.07) is 9.83. The maximum atomic E-state index is 13.0. The lowest BCUT2D eigenvalue weighted by molar-refractivity contribution is 0.00280. The van der Waals surface area contributed by atoms with Gasteiger partial charge in [-0.25, -0.2) is 0 Å². The van der Waals surface area contributed by atoms with Crippen LogP contribution >= 0.6 is 0 Å². The molecule has 1 heterocycles. The van der Waals surface area contributed by atoms with E-state index in [0.29, 0.717) is 18.7 Å². The van der Waals surface area contributed by atoms with Crippen LogP contribution in [0, 0.1) is 0 Å². The van der Waals surface area contributed by atoms with Crippen molar-refractivity contribution < 1.29 is 9.90 Å². The zero-order chi connectivity index (χ0) is 19.4. The Morgan fingerprint density at radius 2 is 1.96 bits per heavy atom. The Bertz CT molecular complexity index is 803. The Hall–Kier alpha value is -2.11. The molecule has 146 valence electrons. The molecule has 1 amide bonds. The molecule has 1 unspecified atom stereocenters. The quantitative estimate of drug-likeness (QED) is 0.660. The first-order chi connectivity index (χ1) is 13.0. The first kappa shape index (κ1) is 19.6. The van der Waals surface area contributed by atoms with E-state index in [-0.39, 0.29) is 5.91 Å². The SMILES string of the molecule is CCCCCCNc1ccc2c3c(cccc13)C(O)N(CCN(C)C)C2=O. The molecule has 1 aliphatic heterocycles. The summed E-state index contributed by atoms with van der Waals surface area (Å²) in [5.74, 6) is -0.0949. The van der Waals surface area contributed by atoms with Crippen molar-refractivity contribution in [3.8, 4) is 0 Å². The molecule has 3 rings (SSSR count). The van der Waals surface area contributed by atoms with Crippen LogP contribution in [0.2, 0.25) is 0 Å². The molecule has 27 heavy (non-hydrogen) atoms. The van der Waals surface area contributed by atoms with Gasteiger partial charge in [-0.1, -0.05) is 44.4 Å². The van der Waals surface area contributed by atoms with E-state index in [4.69, 9.17) is 0 Å². The number of anilines is 1. The van der Waals surface area contributed by atoms with Gasteiger partial charge in [0, 0.05) is 47.2 Å². The van der Waals surface area contributed by atoms with E-state index in [1.807, 2.05) is 49.3 Å². The second kappa shape index (κ2) is 8.72. The lowest BCUT2D eigenvalue weighted by atomic mass is 9.92. The van der Waals surface area contributed by atoms with Gasteiger partial charge in [-0.15, -0.1) is 0 Å². The summed E-state index contributed by atoms with van der Waals surface area (Å²) in [5, 5.41) is 16.3. The number of aliphatic hydroxyl groups is 1. The number of hydrogen-bond acceptors (Lipinski definition) is 4. The van der Waals surface area contributed by atoms with Crippen LogP contribution in [0.15, 0.2) is 30.3 Å². The van der Waals surface area contributed by atoms with Crippen LogP contribution in [-0.4, -0.2) is 54.5 Å². The zero-order valence-electron chi connectivity index (χ0n) is 16.7. The van der Waals surface area contributed by atoms with Crippen molar-refractivity contribution in [3.05, 3.63) is 41.5 Å². The number of unbranched alkanes of at least 4 members (excludes halogenated alkanes) is 3. The summed E-state index contributed by atoms with van der Waals surface area (Å²) < 4.78 is 0. The molecule has 5 heteroatoms. The fraction of sp³-hybridized carbons (Fsp3) is 0.500. The molecule has 0 bridgehead atoms. The van der Waals surface area contributed by atoms with Crippen molar-refractivity contribution in [1.29, 1.82) is 0 Å². The van der Waals surface area contributed by atoms with Gasteiger partial charge in [-0.2, -0.15) is 0 Å². The highest BCUT2D eigenvalue weighted by Gasteiger charge is 2.33. The number of nitrogens with one attached hydrogen (secondary N) is 1. The Morgan fingerprint density at radius 1 is 1.15 bits per heavy atom. The van der Waals surface area contributed by atoms with Gasteiger partial charge >= 0.3 is 0 Å². The van der Waals surface area contributed by atoms with Gasteiger partial charge in [-0.3, -0.25) is 4.79 Å². The van der Waals surface area contributed by atoms with Gasteiger partial charge in [0.1, 0.15) is 0 Å². The monoisotopic (exact) mass is 369 g/mol. The molecule has 1 aliphatic rings. The molecule has 0 saturated carbocycles. The Labute approximate surface area is 162 Å². The summed E-state index contributed by atoms with van der Waals surface area (Å²) in [4.78, 5) is 16.6. The molecule has 2 aromatic carbocycles. The van der Waals surface area contributed by atoms with Crippen molar-refractivity contribution in [1.82, 2.24) is 9.80 Å². The molecule has 1 atom stereocenters. The van der Waals surface area contributed by atoms with Crippen LogP contribution in [0.3, 0.4) is 0 Å². The van der Waals surface area contributed by atoms with E-state index in [1.165, 1.54) is 19.3 Å². The normalized spacial score (nSPS) is 16.4. The number of rotatable bonds is 9. The molecular weight excluding hydrogens is 338 g/mol. The minimum absolute atomic E-state index is 0.0949. The number of aliphatic hydroxyl groups excluding tert-OH is 1. The molecule has 0 aromatic heterocycles. The lowest BCUT2D eigenvalue weighted by Crippen LogP contribution is -2.41. The second-order valence-electron chi connectivity index (χ2n) is 7.59. The summed E-state index contributed by atoms with van der Waals surface area (Å²) >= 11 is 0. The third-order valence-electron chi connectivity index (χ3n) is 5.27. The van der Waals surface area contributed by atoms with Crippen LogP contribution in [0.25, 0.3) is 10.8 Å². The van der Waals surface area contributed by atoms with Crippen molar-refractivity contribution in [2.24, 2.45) is 0 Å². The molecule has 0 aliphatic carbocycles. The first-order valence-electron chi connectivity index (χ1n) is 9.98. The van der Waals surface area contributed by atoms with E-state index in [2.05, 4.69) is 12.2 Å². The number of nitrogens with zero attached hydrogens (tertiary/aromatic N) is 2. The van der Waals surface area contributed by atoms with Crippen LogP contribution < -0.4 is 5.32 Å². The molecule has 0 fully saturated rings. The maximum Gasteiger partial charge on any atom is 0.256 e. The fourth-order valence-corrected chi connectivity index (χ4v) is 3.72. The van der Waals surface area contributed by atoms with E-state index in [9.17, 15) is 9.90 Å². The maximum absolute atomic E-state index is 13.0. The molecule has 0 radical (unpaired) electrons. The van der Waals surface area contributed by atoms with E-state index < -0.39 is 6.23 Å². The highest BCUT2D eigenvalue weighted by molar-refractivity contribution is 6.13. The third kappa shape index (κ3) is 4.09. The highest BCUT2D eigenvalue weighted by atomic mass is 16.3. The average molecular weight is 370 g/mol. The number of carbonyl (C=O) groups excluding carboxylic acids is 1. The number of benzene rings is 2. The van der Waals surface area contributed by atoms with Crippen molar-refractivity contribution >= 4 is 22.4 Å².